The van der Waals surface area contributed by atoms with E-state index in [4.69, 9.17) is 4.74 Å². The van der Waals surface area contributed by atoms with Gasteiger partial charge in [0, 0.05) is 6.61 Å². The highest BCUT2D eigenvalue weighted by Gasteiger charge is 2.23. The van der Waals surface area contributed by atoms with Gasteiger partial charge in [-0.25, -0.2) is 4.39 Å². The minimum Gasteiger partial charge on any atom is -0.485 e. The monoisotopic (exact) mass is 286 g/mol. The summed E-state index contributed by atoms with van der Waals surface area (Å²) in [7, 11) is 0. The van der Waals surface area contributed by atoms with Gasteiger partial charge in [0.25, 0.3) is 0 Å². The van der Waals surface area contributed by atoms with E-state index in [0.717, 1.165) is 35.3 Å². The van der Waals surface area contributed by atoms with Gasteiger partial charge in [-0.1, -0.05) is 23.8 Å². The molecule has 0 radical (unpaired) electrons. The van der Waals surface area contributed by atoms with Gasteiger partial charge >= 0.3 is 0 Å². The molecule has 0 bridgehead atoms. The van der Waals surface area contributed by atoms with Gasteiger partial charge < -0.3 is 9.84 Å². The summed E-state index contributed by atoms with van der Waals surface area (Å²) in [4.78, 5) is 0. The molecule has 0 aromatic heterocycles. The third-order valence-electron chi connectivity index (χ3n) is 4.00. The van der Waals surface area contributed by atoms with Crippen LogP contribution in [0.3, 0.4) is 0 Å². The number of hydrogen-bond acceptors (Lipinski definition) is 2. The fourth-order valence-electron chi connectivity index (χ4n) is 2.94. The predicted molar refractivity (Wildman–Crippen MR) is 80.1 cm³/mol. The summed E-state index contributed by atoms with van der Waals surface area (Å²) in [6.07, 6.45) is 2.25. The van der Waals surface area contributed by atoms with E-state index in [2.05, 4.69) is 25.1 Å². The van der Waals surface area contributed by atoms with Gasteiger partial charge in [-0.15, -0.1) is 0 Å². The Balaban J connectivity index is 1.92. The number of aliphatic hydroxyl groups excluding tert-OH is 1. The van der Waals surface area contributed by atoms with Crippen LogP contribution in [0.25, 0.3) is 0 Å². The van der Waals surface area contributed by atoms with E-state index < -0.39 is 0 Å². The first kappa shape index (κ1) is 14.1. The van der Waals surface area contributed by atoms with Crippen LogP contribution >= 0.6 is 0 Å². The molecule has 1 heterocycles. The first-order valence-corrected chi connectivity index (χ1v) is 7.33. The highest BCUT2D eigenvalue weighted by molar-refractivity contribution is 5.40. The largest absolute Gasteiger partial charge is 0.485 e. The summed E-state index contributed by atoms with van der Waals surface area (Å²) in [5.74, 6) is 0.552. The molecule has 1 N–H and O–H groups in total. The Morgan fingerprint density at radius 1 is 1.24 bits per heavy atom. The van der Waals surface area contributed by atoms with Crippen molar-refractivity contribution in [2.24, 2.45) is 0 Å². The normalized spacial score (nSPS) is 17.2. The van der Waals surface area contributed by atoms with Crippen molar-refractivity contribution in [3.8, 4) is 5.75 Å². The molecular weight excluding hydrogens is 267 g/mol. The molecule has 0 saturated heterocycles. The summed E-state index contributed by atoms with van der Waals surface area (Å²) in [5, 5.41) is 9.22. The lowest BCUT2D eigenvalue weighted by molar-refractivity contribution is 0.174. The Morgan fingerprint density at radius 2 is 2.10 bits per heavy atom. The average molecular weight is 286 g/mol. The van der Waals surface area contributed by atoms with Crippen LogP contribution in [0, 0.1) is 12.7 Å². The van der Waals surface area contributed by atoms with Crippen LogP contribution in [0.5, 0.6) is 5.75 Å². The number of benzene rings is 2. The second-order valence-corrected chi connectivity index (χ2v) is 5.57. The summed E-state index contributed by atoms with van der Waals surface area (Å²) < 4.78 is 19.3. The molecule has 1 aliphatic heterocycles. The van der Waals surface area contributed by atoms with Crippen molar-refractivity contribution in [2.45, 2.75) is 32.3 Å². The van der Waals surface area contributed by atoms with Crippen molar-refractivity contribution in [3.05, 3.63) is 64.5 Å². The van der Waals surface area contributed by atoms with Crippen molar-refractivity contribution in [1.82, 2.24) is 0 Å². The fourth-order valence-corrected chi connectivity index (χ4v) is 2.94. The minimum atomic E-state index is -0.215. The maximum absolute atomic E-state index is 13.2. The molecule has 0 unspecified atom stereocenters. The van der Waals surface area contributed by atoms with E-state index in [1.54, 1.807) is 12.1 Å². The zero-order chi connectivity index (χ0) is 14.8. The van der Waals surface area contributed by atoms with Gasteiger partial charge in [0.05, 0.1) is 0 Å². The third-order valence-corrected chi connectivity index (χ3v) is 4.00. The van der Waals surface area contributed by atoms with Crippen LogP contribution in [-0.4, -0.2) is 11.7 Å². The van der Waals surface area contributed by atoms with Crippen LogP contribution in [0.15, 0.2) is 36.4 Å². The number of aliphatic hydroxyl groups is 1. The van der Waals surface area contributed by atoms with Crippen LogP contribution in [-0.2, 0) is 12.8 Å². The summed E-state index contributed by atoms with van der Waals surface area (Å²) in [5.41, 5.74) is 4.38. The quantitative estimate of drug-likeness (QED) is 0.931. The second-order valence-electron chi connectivity index (χ2n) is 5.57. The molecular formula is C18H19FO2. The Bertz CT molecular complexity index is 652. The molecule has 2 aromatic rings. The summed E-state index contributed by atoms with van der Waals surface area (Å²) in [6.45, 7) is 2.18. The SMILES string of the molecule is Cc1ccc(CCO)c([C@@H]2CCc3cc(F)ccc3O2)c1. The second kappa shape index (κ2) is 5.86. The Morgan fingerprint density at radius 3 is 2.90 bits per heavy atom. The number of rotatable bonds is 3. The highest BCUT2D eigenvalue weighted by Crippen LogP contribution is 2.36. The molecule has 0 spiro atoms. The first-order chi connectivity index (χ1) is 10.2. The molecule has 0 amide bonds. The topological polar surface area (TPSA) is 29.5 Å². The first-order valence-electron chi connectivity index (χ1n) is 7.33. The van der Waals surface area contributed by atoms with Gasteiger partial charge in [-0.3, -0.25) is 0 Å². The lowest BCUT2D eigenvalue weighted by atomic mass is 9.92. The van der Waals surface area contributed by atoms with E-state index in [1.165, 1.54) is 11.6 Å². The van der Waals surface area contributed by atoms with E-state index in [-0.39, 0.29) is 18.5 Å². The molecule has 3 heteroatoms. The molecule has 2 nitrogen and oxygen atoms in total. The van der Waals surface area contributed by atoms with E-state index in [0.29, 0.717) is 6.42 Å². The van der Waals surface area contributed by atoms with Crippen LogP contribution < -0.4 is 4.74 Å². The molecule has 0 fully saturated rings. The summed E-state index contributed by atoms with van der Waals surface area (Å²) in [6, 6.07) is 10.9. The maximum atomic E-state index is 13.2. The number of halogens is 1. The van der Waals surface area contributed by atoms with E-state index >= 15 is 0 Å². The van der Waals surface area contributed by atoms with Crippen LogP contribution in [0.4, 0.5) is 4.39 Å². The molecule has 0 aliphatic carbocycles. The van der Waals surface area contributed by atoms with Gasteiger partial charge in [-0.05, 0) is 61.1 Å². The van der Waals surface area contributed by atoms with E-state index in [9.17, 15) is 9.50 Å². The summed E-state index contributed by atoms with van der Waals surface area (Å²) >= 11 is 0. The maximum Gasteiger partial charge on any atom is 0.124 e. The van der Waals surface area contributed by atoms with Gasteiger partial charge in [0.15, 0.2) is 0 Å². The predicted octanol–water partition coefficient (Wildman–Crippen LogP) is 3.74. The molecule has 1 atom stereocenters. The molecule has 21 heavy (non-hydrogen) atoms. The highest BCUT2D eigenvalue weighted by atomic mass is 19.1. The minimum absolute atomic E-state index is 0.0237. The van der Waals surface area contributed by atoms with Gasteiger partial charge in [0.2, 0.25) is 0 Å². The molecule has 2 aromatic carbocycles. The van der Waals surface area contributed by atoms with Crippen molar-refractivity contribution in [1.29, 1.82) is 0 Å². The van der Waals surface area contributed by atoms with Crippen molar-refractivity contribution < 1.29 is 14.2 Å². The Kier molecular flexibility index (Phi) is 3.93. The molecule has 1 aliphatic rings. The number of hydrogen-bond donors (Lipinski definition) is 1. The fraction of sp³-hybridized carbons (Fsp3) is 0.333. The molecule has 110 valence electrons. The van der Waals surface area contributed by atoms with Gasteiger partial charge in [0.1, 0.15) is 17.7 Å². The average Bonchev–Trinajstić information content (AvgIpc) is 2.49. The van der Waals surface area contributed by atoms with Crippen LogP contribution in [0.2, 0.25) is 0 Å². The third kappa shape index (κ3) is 2.93. The standard InChI is InChI=1S/C18H19FO2/c1-12-2-3-13(8-9-20)16(10-12)18-6-4-14-11-15(19)5-7-17(14)21-18/h2-3,5,7,10-11,18,20H,4,6,8-9H2,1H3/t18-/m0/s1. The van der Waals surface area contributed by atoms with Crippen molar-refractivity contribution in [2.75, 3.05) is 6.61 Å². The van der Waals surface area contributed by atoms with Crippen molar-refractivity contribution in [3.63, 3.8) is 0 Å². The smallest absolute Gasteiger partial charge is 0.124 e. The lowest BCUT2D eigenvalue weighted by Crippen LogP contribution is -2.17. The van der Waals surface area contributed by atoms with Crippen molar-refractivity contribution >= 4 is 0 Å². The number of fused-ring (bicyclic) bond motifs is 1. The zero-order valence-electron chi connectivity index (χ0n) is 12.1. The zero-order valence-corrected chi connectivity index (χ0v) is 12.1. The molecule has 0 saturated carbocycles. The Hall–Kier alpha value is -1.87. The molecule has 3 rings (SSSR count). The lowest BCUT2D eigenvalue weighted by Gasteiger charge is -2.28. The van der Waals surface area contributed by atoms with Crippen LogP contribution in [0.1, 0.15) is 34.8 Å². The van der Waals surface area contributed by atoms with E-state index in [1.807, 2.05) is 0 Å². The number of ether oxygens (including phenoxy) is 1. The Labute approximate surface area is 124 Å². The number of aryl methyl sites for hydroxylation is 2. The van der Waals surface area contributed by atoms with Gasteiger partial charge in [-0.2, -0.15) is 0 Å².